The van der Waals surface area contributed by atoms with Gasteiger partial charge in [-0.05, 0) is 42.7 Å². The summed E-state index contributed by atoms with van der Waals surface area (Å²) in [5, 5.41) is 2.85. The number of ether oxygens (including phenoxy) is 2. The van der Waals surface area contributed by atoms with E-state index in [-0.39, 0.29) is 24.1 Å². The molecule has 0 aliphatic heterocycles. The molecule has 0 bridgehead atoms. The lowest BCUT2D eigenvalue weighted by molar-refractivity contribution is -0.139. The van der Waals surface area contributed by atoms with E-state index in [4.69, 9.17) is 9.47 Å². The summed E-state index contributed by atoms with van der Waals surface area (Å²) in [7, 11) is -0.874. The summed E-state index contributed by atoms with van der Waals surface area (Å²) < 4.78 is 37.0. The minimum Gasteiger partial charge on any atom is -0.497 e. The number of rotatable bonds is 12. The van der Waals surface area contributed by atoms with Gasteiger partial charge < -0.3 is 19.7 Å². The number of hydrogen-bond donors (Lipinski definition) is 1. The smallest absolute Gasteiger partial charge is 0.244 e. The maximum Gasteiger partial charge on any atom is 0.244 e. The lowest BCUT2D eigenvalue weighted by Crippen LogP contribution is -2.51. The highest BCUT2D eigenvalue weighted by Crippen LogP contribution is 2.29. The molecule has 9 nitrogen and oxygen atoms in total. The summed E-state index contributed by atoms with van der Waals surface area (Å²) in [6.07, 6.45) is 1.03. The van der Waals surface area contributed by atoms with Gasteiger partial charge in [0.25, 0.3) is 0 Å². The molecule has 0 saturated heterocycles. The van der Waals surface area contributed by atoms with Gasteiger partial charge in [0.15, 0.2) is 0 Å². The Balaban J connectivity index is 2.42. The number of nitrogens with one attached hydrogen (secondary N) is 1. The van der Waals surface area contributed by atoms with E-state index in [0.29, 0.717) is 18.0 Å². The topological polar surface area (TPSA) is 105 Å². The van der Waals surface area contributed by atoms with Gasteiger partial charge in [-0.1, -0.05) is 38.1 Å². The Hall–Kier alpha value is -3.27. The molecule has 0 radical (unpaired) electrons. The van der Waals surface area contributed by atoms with Gasteiger partial charge in [0, 0.05) is 13.1 Å². The fourth-order valence-electron chi connectivity index (χ4n) is 3.43. The number of nitrogens with zero attached hydrogens (tertiary/aromatic N) is 2. The Kier molecular flexibility index (Phi) is 9.94. The molecule has 2 rings (SSSR count). The molecule has 0 saturated carbocycles. The van der Waals surface area contributed by atoms with Crippen LogP contribution in [-0.2, 0) is 26.2 Å². The van der Waals surface area contributed by atoms with Crippen LogP contribution in [-0.4, -0.2) is 64.7 Å². The largest absolute Gasteiger partial charge is 0.497 e. The number of amides is 2. The van der Waals surface area contributed by atoms with Gasteiger partial charge >= 0.3 is 0 Å². The average molecular weight is 506 g/mol. The molecule has 0 spiro atoms. The predicted molar refractivity (Wildman–Crippen MR) is 136 cm³/mol. The van der Waals surface area contributed by atoms with E-state index < -0.39 is 28.5 Å². The molecule has 1 N–H and O–H groups in total. The van der Waals surface area contributed by atoms with E-state index in [9.17, 15) is 18.0 Å². The zero-order chi connectivity index (χ0) is 26.2. The van der Waals surface area contributed by atoms with Gasteiger partial charge in [0.05, 0.1) is 26.2 Å². The quantitative estimate of drug-likeness (QED) is 0.476. The average Bonchev–Trinajstić information content (AvgIpc) is 2.83. The molecule has 192 valence electrons. The fourth-order valence-corrected chi connectivity index (χ4v) is 4.29. The fraction of sp³-hybridized carbons (Fsp3) is 0.440. The van der Waals surface area contributed by atoms with Crippen LogP contribution < -0.4 is 19.1 Å². The zero-order valence-electron chi connectivity index (χ0n) is 21.1. The van der Waals surface area contributed by atoms with E-state index in [1.165, 1.54) is 12.0 Å². The highest BCUT2D eigenvalue weighted by atomic mass is 32.2. The second kappa shape index (κ2) is 12.4. The van der Waals surface area contributed by atoms with Gasteiger partial charge in [-0.2, -0.15) is 0 Å². The first-order chi connectivity index (χ1) is 16.5. The highest BCUT2D eigenvalue weighted by molar-refractivity contribution is 7.92. The lowest BCUT2D eigenvalue weighted by atomic mass is 10.1. The number of benzene rings is 2. The van der Waals surface area contributed by atoms with Gasteiger partial charge in [0.2, 0.25) is 21.8 Å². The van der Waals surface area contributed by atoms with E-state index in [1.807, 2.05) is 19.9 Å². The predicted octanol–water partition coefficient (Wildman–Crippen LogP) is 2.66. The summed E-state index contributed by atoms with van der Waals surface area (Å²) in [6.45, 7) is 5.63. The third kappa shape index (κ3) is 7.88. The Bertz CT molecular complexity index is 1120. The van der Waals surface area contributed by atoms with Crippen molar-refractivity contribution in [1.29, 1.82) is 0 Å². The molecular weight excluding hydrogens is 470 g/mol. The lowest BCUT2D eigenvalue weighted by Gasteiger charge is -2.32. The Morgan fingerprint density at radius 3 is 2.29 bits per heavy atom. The molecule has 0 aromatic heterocycles. The van der Waals surface area contributed by atoms with E-state index in [2.05, 4.69) is 5.32 Å². The van der Waals surface area contributed by atoms with Crippen LogP contribution in [0.2, 0.25) is 0 Å². The molecule has 2 amide bonds. The van der Waals surface area contributed by atoms with Crippen LogP contribution in [0.15, 0.2) is 48.5 Å². The van der Waals surface area contributed by atoms with Crippen molar-refractivity contribution in [1.82, 2.24) is 10.2 Å². The number of carbonyl (C=O) groups excluding carboxylic acids is 2. The Morgan fingerprint density at radius 2 is 1.69 bits per heavy atom. The monoisotopic (exact) mass is 505 g/mol. The Morgan fingerprint density at radius 1 is 1.00 bits per heavy atom. The minimum absolute atomic E-state index is 0.0931. The van der Waals surface area contributed by atoms with Crippen LogP contribution in [0.3, 0.4) is 0 Å². The highest BCUT2D eigenvalue weighted by Gasteiger charge is 2.31. The first kappa shape index (κ1) is 28.0. The molecular formula is C25H35N3O6S. The molecule has 0 heterocycles. The van der Waals surface area contributed by atoms with Crippen molar-refractivity contribution < 1.29 is 27.5 Å². The van der Waals surface area contributed by atoms with Gasteiger partial charge in [-0.3, -0.25) is 13.9 Å². The third-order valence-corrected chi connectivity index (χ3v) is 6.50. The summed E-state index contributed by atoms with van der Waals surface area (Å²) in [5.41, 5.74) is 0.980. The number of anilines is 1. The second-order valence-corrected chi connectivity index (χ2v) is 10.5. The summed E-state index contributed by atoms with van der Waals surface area (Å²) in [5.74, 6) is 0.306. The van der Waals surface area contributed by atoms with Gasteiger partial charge in [-0.25, -0.2) is 8.42 Å². The van der Waals surface area contributed by atoms with Gasteiger partial charge in [-0.15, -0.1) is 0 Å². The van der Waals surface area contributed by atoms with Crippen LogP contribution in [0.4, 0.5) is 5.69 Å². The Labute approximate surface area is 208 Å². The van der Waals surface area contributed by atoms with Crippen LogP contribution in [0.25, 0.3) is 0 Å². The molecule has 0 fully saturated rings. The molecule has 10 heteroatoms. The number of carbonyl (C=O) groups is 2. The minimum atomic E-state index is -3.84. The standard InChI is InChI=1S/C25H35N3O6S/c1-18(2)15-26-25(30)19(3)27(16-20-10-9-11-21(14-20)33-4)24(29)17-28(35(6,31)32)22-12-7-8-13-23(22)34-5/h7-14,18-19H,15-17H2,1-6H3,(H,26,30)/t19-/m1/s1. The van der Waals surface area contributed by atoms with Crippen molar-refractivity contribution >= 4 is 27.5 Å². The van der Waals surface area contributed by atoms with E-state index >= 15 is 0 Å². The van der Waals surface area contributed by atoms with Crippen LogP contribution in [0.5, 0.6) is 11.5 Å². The van der Waals surface area contributed by atoms with Crippen molar-refractivity contribution in [3.63, 3.8) is 0 Å². The summed E-state index contributed by atoms with van der Waals surface area (Å²) >= 11 is 0. The van der Waals surface area contributed by atoms with E-state index in [1.54, 1.807) is 56.5 Å². The van der Waals surface area contributed by atoms with E-state index in [0.717, 1.165) is 16.1 Å². The number of methoxy groups -OCH3 is 2. The summed E-state index contributed by atoms with van der Waals surface area (Å²) in [6, 6.07) is 12.9. The van der Waals surface area contributed by atoms with Crippen molar-refractivity contribution in [2.24, 2.45) is 5.92 Å². The van der Waals surface area contributed by atoms with Gasteiger partial charge in [0.1, 0.15) is 24.1 Å². The molecule has 0 aliphatic carbocycles. The van der Waals surface area contributed by atoms with Crippen molar-refractivity contribution in [3.05, 3.63) is 54.1 Å². The van der Waals surface area contributed by atoms with Crippen molar-refractivity contribution in [2.45, 2.75) is 33.4 Å². The van der Waals surface area contributed by atoms with Crippen LogP contribution in [0, 0.1) is 5.92 Å². The first-order valence-corrected chi connectivity index (χ1v) is 13.1. The molecule has 0 unspecified atom stereocenters. The number of para-hydroxylation sites is 2. The molecule has 35 heavy (non-hydrogen) atoms. The maximum atomic E-state index is 13.6. The number of hydrogen-bond acceptors (Lipinski definition) is 6. The normalized spacial score (nSPS) is 12.1. The van der Waals surface area contributed by atoms with Crippen LogP contribution in [0.1, 0.15) is 26.3 Å². The molecule has 2 aromatic carbocycles. The van der Waals surface area contributed by atoms with Crippen molar-refractivity contribution in [3.8, 4) is 11.5 Å². The zero-order valence-corrected chi connectivity index (χ0v) is 22.0. The van der Waals surface area contributed by atoms with Crippen molar-refractivity contribution in [2.75, 3.05) is 37.9 Å². The number of sulfonamides is 1. The molecule has 1 atom stereocenters. The first-order valence-electron chi connectivity index (χ1n) is 11.3. The SMILES string of the molecule is COc1cccc(CN(C(=O)CN(c2ccccc2OC)S(C)(=O)=O)[C@H](C)C(=O)NCC(C)C)c1. The second-order valence-electron chi connectivity index (χ2n) is 8.63. The van der Waals surface area contributed by atoms with Crippen LogP contribution >= 0.6 is 0 Å². The molecule has 0 aliphatic rings. The third-order valence-electron chi connectivity index (χ3n) is 5.37. The summed E-state index contributed by atoms with van der Waals surface area (Å²) in [4.78, 5) is 27.8. The maximum absolute atomic E-state index is 13.6. The molecule has 2 aromatic rings.